The number of hydrogen-bond donors (Lipinski definition) is 1. The SMILES string of the molecule is CC(=O)N1CCC(C(=O)NCc2cccc(Cn3ccnc3)c2)CC1. The molecule has 1 saturated heterocycles. The highest BCUT2D eigenvalue weighted by Gasteiger charge is 2.25. The smallest absolute Gasteiger partial charge is 0.223 e. The van der Waals surface area contributed by atoms with Gasteiger partial charge in [-0.25, -0.2) is 4.98 Å². The van der Waals surface area contributed by atoms with E-state index in [0.717, 1.165) is 24.9 Å². The molecule has 6 heteroatoms. The lowest BCUT2D eigenvalue weighted by Gasteiger charge is -2.30. The van der Waals surface area contributed by atoms with Crippen molar-refractivity contribution in [2.45, 2.75) is 32.9 Å². The van der Waals surface area contributed by atoms with Crippen molar-refractivity contribution in [2.24, 2.45) is 5.92 Å². The minimum atomic E-state index is 0.00438. The van der Waals surface area contributed by atoms with Gasteiger partial charge in [0.25, 0.3) is 0 Å². The van der Waals surface area contributed by atoms with Gasteiger partial charge < -0.3 is 14.8 Å². The molecule has 6 nitrogen and oxygen atoms in total. The Kier molecular flexibility index (Phi) is 5.48. The lowest BCUT2D eigenvalue weighted by molar-refractivity contribution is -0.134. The number of nitrogens with one attached hydrogen (secondary N) is 1. The minimum Gasteiger partial charge on any atom is -0.352 e. The van der Waals surface area contributed by atoms with Crippen molar-refractivity contribution >= 4 is 11.8 Å². The van der Waals surface area contributed by atoms with Gasteiger partial charge in [-0.2, -0.15) is 0 Å². The summed E-state index contributed by atoms with van der Waals surface area (Å²) < 4.78 is 2.01. The number of likely N-dealkylation sites (tertiary alicyclic amines) is 1. The predicted molar refractivity (Wildman–Crippen MR) is 94.6 cm³/mol. The number of carbonyl (C=O) groups excluding carboxylic acids is 2. The predicted octanol–water partition coefficient (Wildman–Crippen LogP) is 1.81. The first-order chi connectivity index (χ1) is 12.1. The minimum absolute atomic E-state index is 0.00438. The number of hydrogen-bond acceptors (Lipinski definition) is 3. The molecule has 1 aliphatic heterocycles. The molecule has 3 rings (SSSR count). The molecule has 0 bridgehead atoms. The number of amides is 2. The molecular formula is C19H24N4O2. The van der Waals surface area contributed by atoms with Gasteiger partial charge in [0.2, 0.25) is 11.8 Å². The van der Waals surface area contributed by atoms with Crippen LogP contribution in [0.2, 0.25) is 0 Å². The Balaban J connectivity index is 1.50. The summed E-state index contributed by atoms with van der Waals surface area (Å²) in [6.45, 7) is 4.23. The van der Waals surface area contributed by atoms with Crippen LogP contribution in [0.15, 0.2) is 43.0 Å². The van der Waals surface area contributed by atoms with E-state index in [9.17, 15) is 9.59 Å². The Hall–Kier alpha value is -2.63. The second-order valence-corrected chi connectivity index (χ2v) is 6.55. The Bertz CT molecular complexity index is 719. The first-order valence-electron chi connectivity index (χ1n) is 8.68. The Morgan fingerprint density at radius 3 is 2.68 bits per heavy atom. The normalized spacial score (nSPS) is 15.2. The number of carbonyl (C=O) groups is 2. The van der Waals surface area contributed by atoms with Gasteiger partial charge in [-0.05, 0) is 24.0 Å². The molecule has 0 saturated carbocycles. The second kappa shape index (κ2) is 7.96. The highest BCUT2D eigenvalue weighted by Crippen LogP contribution is 2.17. The van der Waals surface area contributed by atoms with Crippen LogP contribution < -0.4 is 5.32 Å². The summed E-state index contributed by atoms with van der Waals surface area (Å²) in [4.78, 5) is 29.6. The van der Waals surface area contributed by atoms with Crippen LogP contribution in [0.3, 0.4) is 0 Å². The first kappa shape index (κ1) is 17.2. The molecule has 0 spiro atoms. The average Bonchev–Trinajstić information content (AvgIpc) is 3.13. The number of imidazole rings is 1. The van der Waals surface area contributed by atoms with Gasteiger partial charge in [0.1, 0.15) is 0 Å². The molecule has 25 heavy (non-hydrogen) atoms. The van der Waals surface area contributed by atoms with E-state index >= 15 is 0 Å². The molecule has 2 amide bonds. The third kappa shape index (κ3) is 4.68. The van der Waals surface area contributed by atoms with E-state index in [1.165, 1.54) is 5.56 Å². The van der Waals surface area contributed by atoms with E-state index in [4.69, 9.17) is 0 Å². The molecule has 1 aliphatic rings. The molecule has 2 heterocycles. The van der Waals surface area contributed by atoms with Crippen molar-refractivity contribution in [3.63, 3.8) is 0 Å². The van der Waals surface area contributed by atoms with Crippen LogP contribution in [-0.4, -0.2) is 39.4 Å². The molecule has 0 radical (unpaired) electrons. The van der Waals surface area contributed by atoms with Crippen LogP contribution in [-0.2, 0) is 22.7 Å². The van der Waals surface area contributed by atoms with Gasteiger partial charge in [0.05, 0.1) is 6.33 Å². The van der Waals surface area contributed by atoms with Gasteiger partial charge in [-0.1, -0.05) is 24.3 Å². The maximum atomic E-state index is 12.4. The largest absolute Gasteiger partial charge is 0.352 e. The van der Waals surface area contributed by atoms with Crippen LogP contribution in [0.25, 0.3) is 0 Å². The van der Waals surface area contributed by atoms with Crippen LogP contribution in [0.1, 0.15) is 30.9 Å². The van der Waals surface area contributed by atoms with E-state index < -0.39 is 0 Å². The zero-order valence-electron chi connectivity index (χ0n) is 14.5. The van der Waals surface area contributed by atoms with Gasteiger partial charge in [0, 0.05) is 51.4 Å². The maximum absolute atomic E-state index is 12.4. The average molecular weight is 340 g/mol. The summed E-state index contributed by atoms with van der Waals surface area (Å²) in [6, 6.07) is 8.22. The Labute approximate surface area is 147 Å². The summed E-state index contributed by atoms with van der Waals surface area (Å²) >= 11 is 0. The van der Waals surface area contributed by atoms with Crippen molar-refractivity contribution in [3.8, 4) is 0 Å². The van der Waals surface area contributed by atoms with Crippen molar-refractivity contribution in [3.05, 3.63) is 54.1 Å². The van der Waals surface area contributed by atoms with Gasteiger partial charge in [-0.15, -0.1) is 0 Å². The van der Waals surface area contributed by atoms with Crippen LogP contribution in [0.5, 0.6) is 0 Å². The number of rotatable bonds is 5. The molecular weight excluding hydrogens is 316 g/mol. The van der Waals surface area contributed by atoms with Crippen molar-refractivity contribution in [2.75, 3.05) is 13.1 Å². The third-order valence-corrected chi connectivity index (χ3v) is 4.69. The third-order valence-electron chi connectivity index (χ3n) is 4.69. The van der Waals surface area contributed by atoms with E-state index in [1.807, 2.05) is 27.8 Å². The van der Waals surface area contributed by atoms with Crippen molar-refractivity contribution < 1.29 is 9.59 Å². The summed E-state index contributed by atoms with van der Waals surface area (Å²) in [6.07, 6.45) is 6.98. The van der Waals surface area contributed by atoms with Crippen LogP contribution >= 0.6 is 0 Å². The molecule has 1 N–H and O–H groups in total. The molecule has 0 unspecified atom stereocenters. The van der Waals surface area contributed by atoms with E-state index in [1.54, 1.807) is 19.4 Å². The highest BCUT2D eigenvalue weighted by molar-refractivity contribution is 5.79. The fourth-order valence-corrected chi connectivity index (χ4v) is 3.22. The molecule has 0 atom stereocenters. The molecule has 0 aliphatic carbocycles. The molecule has 2 aromatic rings. The number of piperidine rings is 1. The Morgan fingerprint density at radius 2 is 2.00 bits per heavy atom. The molecule has 1 fully saturated rings. The summed E-state index contributed by atoms with van der Waals surface area (Å²) in [5, 5.41) is 3.04. The fourth-order valence-electron chi connectivity index (χ4n) is 3.22. The second-order valence-electron chi connectivity index (χ2n) is 6.55. The van der Waals surface area contributed by atoms with Crippen molar-refractivity contribution in [1.29, 1.82) is 0 Å². The number of benzene rings is 1. The highest BCUT2D eigenvalue weighted by atomic mass is 16.2. The van der Waals surface area contributed by atoms with E-state index in [-0.39, 0.29) is 17.7 Å². The van der Waals surface area contributed by atoms with E-state index in [2.05, 4.69) is 22.4 Å². The lowest BCUT2D eigenvalue weighted by Crippen LogP contribution is -2.42. The number of aromatic nitrogens is 2. The Morgan fingerprint density at radius 1 is 1.24 bits per heavy atom. The topological polar surface area (TPSA) is 67.2 Å². The summed E-state index contributed by atoms with van der Waals surface area (Å²) in [7, 11) is 0. The molecule has 1 aromatic carbocycles. The fraction of sp³-hybridized carbons (Fsp3) is 0.421. The van der Waals surface area contributed by atoms with Gasteiger partial charge >= 0.3 is 0 Å². The lowest BCUT2D eigenvalue weighted by atomic mass is 9.96. The zero-order chi connectivity index (χ0) is 17.6. The van der Waals surface area contributed by atoms with Gasteiger partial charge in [0.15, 0.2) is 0 Å². The maximum Gasteiger partial charge on any atom is 0.223 e. The number of nitrogens with zero attached hydrogens (tertiary/aromatic N) is 3. The standard InChI is InChI=1S/C19H24N4O2/c1-15(24)23-8-5-18(6-9-23)19(25)21-12-16-3-2-4-17(11-16)13-22-10-7-20-14-22/h2-4,7,10-11,14,18H,5-6,8-9,12-13H2,1H3,(H,21,25). The monoisotopic (exact) mass is 340 g/mol. The summed E-state index contributed by atoms with van der Waals surface area (Å²) in [5.74, 6) is 0.182. The first-order valence-corrected chi connectivity index (χ1v) is 8.68. The zero-order valence-corrected chi connectivity index (χ0v) is 14.5. The van der Waals surface area contributed by atoms with Crippen LogP contribution in [0.4, 0.5) is 0 Å². The van der Waals surface area contributed by atoms with Crippen molar-refractivity contribution in [1.82, 2.24) is 19.8 Å². The quantitative estimate of drug-likeness (QED) is 0.903. The summed E-state index contributed by atoms with van der Waals surface area (Å²) in [5.41, 5.74) is 2.27. The molecule has 132 valence electrons. The van der Waals surface area contributed by atoms with Crippen LogP contribution in [0, 0.1) is 5.92 Å². The van der Waals surface area contributed by atoms with E-state index in [0.29, 0.717) is 19.6 Å². The van der Waals surface area contributed by atoms with Gasteiger partial charge in [-0.3, -0.25) is 9.59 Å². The molecule has 1 aromatic heterocycles.